The summed E-state index contributed by atoms with van der Waals surface area (Å²) in [7, 11) is 0. The third-order valence-electron chi connectivity index (χ3n) is 6.21. The van der Waals surface area contributed by atoms with Gasteiger partial charge in [-0.25, -0.2) is 0 Å². The summed E-state index contributed by atoms with van der Waals surface area (Å²) < 4.78 is 6.65. The molecule has 4 nitrogen and oxygen atoms in total. The predicted octanol–water partition coefficient (Wildman–Crippen LogP) is 4.09. The highest BCUT2D eigenvalue weighted by Gasteiger charge is 2.36. The van der Waals surface area contributed by atoms with E-state index in [1.165, 1.54) is 17.5 Å². The molecular formula is C24H27N3O. The first-order chi connectivity index (χ1) is 13.8. The maximum atomic E-state index is 6.65. The van der Waals surface area contributed by atoms with E-state index in [9.17, 15) is 0 Å². The van der Waals surface area contributed by atoms with E-state index in [-0.39, 0.29) is 12.1 Å². The summed E-state index contributed by atoms with van der Waals surface area (Å²) in [5.41, 5.74) is 10.0. The van der Waals surface area contributed by atoms with Gasteiger partial charge >= 0.3 is 0 Å². The number of ether oxygens (including phenoxy) is 1. The minimum absolute atomic E-state index is 0.0122. The quantitative estimate of drug-likeness (QED) is 0.751. The van der Waals surface area contributed by atoms with Crippen LogP contribution in [0.1, 0.15) is 36.5 Å². The second-order valence-corrected chi connectivity index (χ2v) is 8.10. The van der Waals surface area contributed by atoms with Crippen LogP contribution in [-0.4, -0.2) is 35.1 Å². The SMILES string of the molecule is N[C@H]1CCCN([C@H]2CCc3ccccc3[C@@H]2Oc2cnc3ccccc3c2)C1. The molecular weight excluding hydrogens is 346 g/mol. The van der Waals surface area contributed by atoms with Gasteiger partial charge in [0.05, 0.1) is 17.8 Å². The third kappa shape index (κ3) is 3.38. The summed E-state index contributed by atoms with van der Waals surface area (Å²) in [6.07, 6.45) is 6.37. The highest BCUT2D eigenvalue weighted by atomic mass is 16.5. The Morgan fingerprint density at radius 3 is 2.82 bits per heavy atom. The van der Waals surface area contributed by atoms with E-state index < -0.39 is 0 Å². The number of aromatic nitrogens is 1. The molecule has 0 radical (unpaired) electrons. The zero-order valence-corrected chi connectivity index (χ0v) is 16.1. The number of piperidine rings is 1. The molecule has 1 saturated heterocycles. The average molecular weight is 374 g/mol. The zero-order chi connectivity index (χ0) is 18.9. The Bertz CT molecular complexity index is 973. The van der Waals surface area contributed by atoms with Gasteiger partial charge in [0.15, 0.2) is 0 Å². The summed E-state index contributed by atoms with van der Waals surface area (Å²) in [6, 6.07) is 19.6. The largest absolute Gasteiger partial charge is 0.482 e. The van der Waals surface area contributed by atoms with Crippen molar-refractivity contribution in [3.8, 4) is 5.75 Å². The molecule has 1 aliphatic carbocycles. The van der Waals surface area contributed by atoms with Crippen molar-refractivity contribution in [2.45, 2.75) is 43.9 Å². The number of likely N-dealkylation sites (tertiary alicyclic amines) is 1. The molecule has 1 aromatic heterocycles. The lowest BCUT2D eigenvalue weighted by Crippen LogP contribution is -2.51. The molecule has 4 heteroatoms. The van der Waals surface area contributed by atoms with E-state index in [4.69, 9.17) is 10.5 Å². The molecule has 2 heterocycles. The van der Waals surface area contributed by atoms with Gasteiger partial charge in [0.25, 0.3) is 0 Å². The van der Waals surface area contributed by atoms with Gasteiger partial charge in [-0.2, -0.15) is 0 Å². The first-order valence-corrected chi connectivity index (χ1v) is 10.4. The molecule has 2 aromatic carbocycles. The lowest BCUT2D eigenvalue weighted by Gasteiger charge is -2.43. The van der Waals surface area contributed by atoms with Gasteiger partial charge < -0.3 is 10.5 Å². The normalized spacial score (nSPS) is 25.4. The summed E-state index contributed by atoms with van der Waals surface area (Å²) >= 11 is 0. The molecule has 28 heavy (non-hydrogen) atoms. The third-order valence-corrected chi connectivity index (χ3v) is 6.21. The van der Waals surface area contributed by atoms with E-state index in [0.29, 0.717) is 6.04 Å². The Morgan fingerprint density at radius 2 is 1.89 bits per heavy atom. The molecule has 0 amide bonds. The second kappa shape index (κ2) is 7.53. The minimum Gasteiger partial charge on any atom is -0.482 e. The molecule has 0 saturated carbocycles. The van der Waals surface area contributed by atoms with Gasteiger partial charge in [0.2, 0.25) is 0 Å². The number of aryl methyl sites for hydroxylation is 1. The van der Waals surface area contributed by atoms with Gasteiger partial charge in [-0.05, 0) is 55.5 Å². The number of pyridine rings is 1. The molecule has 3 aromatic rings. The highest BCUT2D eigenvalue weighted by molar-refractivity contribution is 5.79. The summed E-state index contributed by atoms with van der Waals surface area (Å²) in [4.78, 5) is 7.15. The van der Waals surface area contributed by atoms with Crippen molar-refractivity contribution in [3.63, 3.8) is 0 Å². The molecule has 2 aliphatic rings. The number of nitrogens with zero attached hydrogens (tertiary/aromatic N) is 2. The van der Waals surface area contributed by atoms with Crippen LogP contribution >= 0.6 is 0 Å². The summed E-state index contributed by atoms with van der Waals surface area (Å²) in [5, 5.41) is 1.11. The number of para-hydroxylation sites is 1. The Labute approximate surface area is 166 Å². The van der Waals surface area contributed by atoms with E-state index in [1.54, 1.807) is 0 Å². The van der Waals surface area contributed by atoms with E-state index in [0.717, 1.165) is 49.0 Å². The fourth-order valence-corrected chi connectivity index (χ4v) is 4.82. The molecule has 0 spiro atoms. The van der Waals surface area contributed by atoms with E-state index in [2.05, 4.69) is 46.3 Å². The Kier molecular flexibility index (Phi) is 4.75. The van der Waals surface area contributed by atoms with Crippen LogP contribution in [0.3, 0.4) is 0 Å². The number of fused-ring (bicyclic) bond motifs is 2. The standard InChI is InChI=1S/C24H27N3O/c25-19-8-5-13-27(16-19)23-12-11-17-6-1-3-9-21(17)24(23)28-20-14-18-7-2-4-10-22(18)26-15-20/h1-4,6-7,9-10,14-15,19,23-24H,5,8,11-13,16,25H2/t19-,23-,24-/m0/s1. The maximum Gasteiger partial charge on any atom is 0.140 e. The van der Waals surface area contributed by atoms with Crippen molar-refractivity contribution in [1.29, 1.82) is 0 Å². The predicted molar refractivity (Wildman–Crippen MR) is 112 cm³/mol. The van der Waals surface area contributed by atoms with Crippen molar-refractivity contribution >= 4 is 10.9 Å². The molecule has 144 valence electrons. The lowest BCUT2D eigenvalue weighted by molar-refractivity contribution is 0.0366. The lowest BCUT2D eigenvalue weighted by atomic mass is 9.84. The topological polar surface area (TPSA) is 51.4 Å². The number of rotatable bonds is 3. The molecule has 5 rings (SSSR count). The van der Waals surface area contributed by atoms with Crippen LogP contribution in [0.5, 0.6) is 5.75 Å². The average Bonchev–Trinajstić information content (AvgIpc) is 2.74. The van der Waals surface area contributed by atoms with Gasteiger partial charge in [0, 0.05) is 18.0 Å². The Hall–Kier alpha value is -2.43. The van der Waals surface area contributed by atoms with Gasteiger partial charge in [-0.3, -0.25) is 9.88 Å². The molecule has 1 aliphatic heterocycles. The molecule has 0 bridgehead atoms. The van der Waals surface area contributed by atoms with Gasteiger partial charge in [-0.1, -0.05) is 42.5 Å². The Balaban J connectivity index is 1.49. The van der Waals surface area contributed by atoms with Crippen LogP contribution in [0.2, 0.25) is 0 Å². The van der Waals surface area contributed by atoms with Crippen molar-refractivity contribution < 1.29 is 4.74 Å². The summed E-state index contributed by atoms with van der Waals surface area (Å²) in [6.45, 7) is 2.07. The smallest absolute Gasteiger partial charge is 0.140 e. The number of hydrogen-bond donors (Lipinski definition) is 1. The van der Waals surface area contributed by atoms with E-state index in [1.807, 2.05) is 24.4 Å². The van der Waals surface area contributed by atoms with Crippen LogP contribution in [0.25, 0.3) is 10.9 Å². The molecule has 2 N–H and O–H groups in total. The number of benzene rings is 2. The Morgan fingerprint density at radius 1 is 1.04 bits per heavy atom. The van der Waals surface area contributed by atoms with Crippen molar-refractivity contribution in [3.05, 3.63) is 71.9 Å². The second-order valence-electron chi connectivity index (χ2n) is 8.10. The first-order valence-electron chi connectivity index (χ1n) is 10.4. The monoisotopic (exact) mass is 373 g/mol. The van der Waals surface area contributed by atoms with Crippen molar-refractivity contribution in [2.75, 3.05) is 13.1 Å². The van der Waals surface area contributed by atoms with E-state index >= 15 is 0 Å². The minimum atomic E-state index is 0.0122. The fourth-order valence-electron chi connectivity index (χ4n) is 4.82. The van der Waals surface area contributed by atoms with Crippen LogP contribution in [0.4, 0.5) is 0 Å². The number of nitrogens with two attached hydrogens (primary N) is 1. The fraction of sp³-hybridized carbons (Fsp3) is 0.375. The first kappa shape index (κ1) is 17.7. The highest BCUT2D eigenvalue weighted by Crippen LogP contribution is 2.37. The van der Waals surface area contributed by atoms with Crippen LogP contribution in [-0.2, 0) is 6.42 Å². The van der Waals surface area contributed by atoms with Gasteiger partial charge in [-0.15, -0.1) is 0 Å². The van der Waals surface area contributed by atoms with Gasteiger partial charge in [0.1, 0.15) is 11.9 Å². The van der Waals surface area contributed by atoms with Crippen LogP contribution < -0.4 is 10.5 Å². The van der Waals surface area contributed by atoms with Crippen LogP contribution in [0.15, 0.2) is 60.8 Å². The maximum absolute atomic E-state index is 6.65. The van der Waals surface area contributed by atoms with Crippen molar-refractivity contribution in [2.24, 2.45) is 5.73 Å². The molecule has 3 atom stereocenters. The molecule has 1 fully saturated rings. The summed E-state index contributed by atoms with van der Waals surface area (Å²) in [5.74, 6) is 0.840. The van der Waals surface area contributed by atoms with Crippen molar-refractivity contribution in [1.82, 2.24) is 9.88 Å². The van der Waals surface area contributed by atoms with Crippen LogP contribution in [0, 0.1) is 0 Å². The number of hydrogen-bond acceptors (Lipinski definition) is 4. The zero-order valence-electron chi connectivity index (χ0n) is 16.1. The molecule has 0 unspecified atom stereocenters.